The Balaban J connectivity index is -0.000000279. The molecule has 0 aromatic rings. The molecular formula is C26H50Na2O4. The molecule has 0 radical (unpaired) electrons. The van der Waals surface area contributed by atoms with E-state index in [1.807, 2.05) is 0 Å². The van der Waals surface area contributed by atoms with E-state index in [0.717, 1.165) is 32.1 Å². The van der Waals surface area contributed by atoms with Crippen LogP contribution in [0, 0.1) is 0 Å². The van der Waals surface area contributed by atoms with Crippen molar-refractivity contribution in [1.82, 2.24) is 0 Å². The van der Waals surface area contributed by atoms with Crippen LogP contribution >= 0.6 is 0 Å². The first-order valence-corrected chi connectivity index (χ1v) is 12.9. The minimum Gasteiger partial charge on any atom is -0.550 e. The average molecular weight is 473 g/mol. The second-order valence-electron chi connectivity index (χ2n) is 8.61. The van der Waals surface area contributed by atoms with Crippen LogP contribution in [0.15, 0.2) is 0 Å². The molecule has 0 aliphatic rings. The molecule has 0 N–H and O–H groups in total. The van der Waals surface area contributed by atoms with Crippen molar-refractivity contribution in [1.29, 1.82) is 0 Å². The number of carbonyl (C=O) groups is 2. The predicted octanol–water partition coefficient (Wildman–Crippen LogP) is 0.103. The molecule has 0 spiro atoms. The van der Waals surface area contributed by atoms with Gasteiger partial charge in [-0.2, -0.15) is 0 Å². The van der Waals surface area contributed by atoms with Gasteiger partial charge in [-0.1, -0.05) is 129 Å². The molecule has 32 heavy (non-hydrogen) atoms. The van der Waals surface area contributed by atoms with Gasteiger partial charge in [0.15, 0.2) is 0 Å². The fourth-order valence-electron chi connectivity index (χ4n) is 3.51. The molecule has 0 aromatic heterocycles. The van der Waals surface area contributed by atoms with Crippen molar-refractivity contribution in [3.05, 3.63) is 0 Å². The van der Waals surface area contributed by atoms with Gasteiger partial charge in [-0.3, -0.25) is 0 Å². The van der Waals surface area contributed by atoms with Crippen LogP contribution in [-0.2, 0) is 9.59 Å². The van der Waals surface area contributed by atoms with E-state index >= 15 is 0 Å². The molecule has 4 nitrogen and oxygen atoms in total. The van der Waals surface area contributed by atoms with E-state index < -0.39 is 11.9 Å². The average Bonchev–Trinajstić information content (AvgIpc) is 2.71. The minimum absolute atomic E-state index is 0. The summed E-state index contributed by atoms with van der Waals surface area (Å²) in [7, 11) is 0. The molecule has 0 atom stereocenters. The molecule has 0 aliphatic carbocycles. The quantitative estimate of drug-likeness (QED) is 0.165. The first-order valence-electron chi connectivity index (χ1n) is 12.9. The number of hydrogen-bond donors (Lipinski definition) is 0. The monoisotopic (exact) mass is 472 g/mol. The SMILES string of the molecule is CCCCCCCC(=O)[O-].CCCCCCCCCCCCCCCCCC(=O)[O-].[Na+].[Na+]. The topological polar surface area (TPSA) is 80.3 Å². The van der Waals surface area contributed by atoms with Crippen molar-refractivity contribution < 1.29 is 78.9 Å². The number of aliphatic carboxylic acids is 2. The fraction of sp³-hybridized carbons (Fsp3) is 0.923. The van der Waals surface area contributed by atoms with Gasteiger partial charge in [-0.25, -0.2) is 0 Å². The van der Waals surface area contributed by atoms with Gasteiger partial charge in [-0.05, 0) is 25.7 Å². The smallest absolute Gasteiger partial charge is 0.550 e. The Kier molecular flexibility index (Phi) is 45.8. The zero-order chi connectivity index (χ0) is 22.7. The Morgan fingerprint density at radius 2 is 0.594 bits per heavy atom. The van der Waals surface area contributed by atoms with E-state index in [1.165, 1.54) is 96.3 Å². The van der Waals surface area contributed by atoms with Crippen molar-refractivity contribution in [3.8, 4) is 0 Å². The molecule has 0 rings (SSSR count). The van der Waals surface area contributed by atoms with Gasteiger partial charge in [-0.15, -0.1) is 0 Å². The van der Waals surface area contributed by atoms with Crippen LogP contribution in [0.2, 0.25) is 0 Å². The molecule has 0 amide bonds. The van der Waals surface area contributed by atoms with Crippen LogP contribution < -0.4 is 69.3 Å². The van der Waals surface area contributed by atoms with E-state index in [4.69, 9.17) is 0 Å². The van der Waals surface area contributed by atoms with E-state index in [2.05, 4.69) is 13.8 Å². The maximum Gasteiger partial charge on any atom is 1.00 e. The van der Waals surface area contributed by atoms with Gasteiger partial charge >= 0.3 is 59.1 Å². The van der Waals surface area contributed by atoms with E-state index in [-0.39, 0.29) is 72.0 Å². The van der Waals surface area contributed by atoms with Crippen molar-refractivity contribution >= 4 is 11.9 Å². The molecule has 0 aliphatic heterocycles. The molecule has 0 saturated heterocycles. The number of unbranched alkanes of at least 4 members (excludes halogenated alkanes) is 18. The second-order valence-corrected chi connectivity index (χ2v) is 8.61. The van der Waals surface area contributed by atoms with E-state index in [9.17, 15) is 19.8 Å². The third kappa shape index (κ3) is 44.6. The third-order valence-electron chi connectivity index (χ3n) is 5.47. The summed E-state index contributed by atoms with van der Waals surface area (Å²) in [6.45, 7) is 4.40. The van der Waals surface area contributed by atoms with Crippen LogP contribution in [0.4, 0.5) is 0 Å². The Bertz CT molecular complexity index is 366. The number of carboxylic acids is 2. The van der Waals surface area contributed by atoms with Crippen molar-refractivity contribution in [2.45, 2.75) is 155 Å². The zero-order valence-corrected chi connectivity index (χ0v) is 26.2. The van der Waals surface area contributed by atoms with E-state index in [0.29, 0.717) is 0 Å². The summed E-state index contributed by atoms with van der Waals surface area (Å²) in [4.78, 5) is 20.1. The molecule has 180 valence electrons. The Morgan fingerprint density at radius 1 is 0.406 bits per heavy atom. The summed E-state index contributed by atoms with van der Waals surface area (Å²) in [6.07, 6.45) is 25.5. The van der Waals surface area contributed by atoms with Crippen LogP contribution in [0.3, 0.4) is 0 Å². The third-order valence-corrected chi connectivity index (χ3v) is 5.47. The number of hydrogen-bond acceptors (Lipinski definition) is 4. The van der Waals surface area contributed by atoms with Crippen molar-refractivity contribution in [2.75, 3.05) is 0 Å². The van der Waals surface area contributed by atoms with Crippen LogP contribution in [0.1, 0.15) is 155 Å². The molecule has 0 aromatic carbocycles. The number of rotatable bonds is 22. The summed E-state index contributed by atoms with van der Waals surface area (Å²) >= 11 is 0. The second kappa shape index (κ2) is 36.5. The largest absolute Gasteiger partial charge is 1.00 e. The number of carboxylic acid groups (broad SMARTS) is 2. The van der Waals surface area contributed by atoms with Gasteiger partial charge in [0.05, 0.1) is 0 Å². The summed E-state index contributed by atoms with van der Waals surface area (Å²) in [5.41, 5.74) is 0. The molecule has 0 fully saturated rings. The molecule has 0 unspecified atom stereocenters. The Labute approximate surface area is 244 Å². The molecule has 0 bridgehead atoms. The van der Waals surface area contributed by atoms with Gasteiger partial charge in [0.1, 0.15) is 0 Å². The minimum atomic E-state index is -0.920. The summed E-state index contributed by atoms with van der Waals surface area (Å²) in [6, 6.07) is 0. The van der Waals surface area contributed by atoms with Gasteiger partial charge in [0.2, 0.25) is 0 Å². The van der Waals surface area contributed by atoms with Crippen LogP contribution in [0.25, 0.3) is 0 Å². The fourth-order valence-corrected chi connectivity index (χ4v) is 3.51. The molecule has 0 heterocycles. The van der Waals surface area contributed by atoms with Crippen molar-refractivity contribution in [2.24, 2.45) is 0 Å². The molecule has 0 saturated carbocycles. The van der Waals surface area contributed by atoms with Crippen molar-refractivity contribution in [3.63, 3.8) is 0 Å². The standard InChI is InChI=1S/C18H36O2.C8H16O2.2Na/c1-2-3-4-5-6-7-8-9-10-11-12-13-14-15-16-17-18(19)20;1-2-3-4-5-6-7-8(9)10;;/h2-17H2,1H3,(H,19,20);2-7H2,1H3,(H,9,10);;/q;;2*+1/p-2. The number of carbonyl (C=O) groups excluding carboxylic acids is 2. The summed E-state index contributed by atoms with van der Waals surface area (Å²) in [5, 5.41) is 20.1. The van der Waals surface area contributed by atoms with Gasteiger partial charge in [0.25, 0.3) is 0 Å². The first-order chi connectivity index (χ1) is 14.5. The first kappa shape index (κ1) is 40.1. The zero-order valence-electron chi connectivity index (χ0n) is 22.2. The Hall–Kier alpha value is 0.940. The maximum absolute atomic E-state index is 10.2. The predicted molar refractivity (Wildman–Crippen MR) is 123 cm³/mol. The van der Waals surface area contributed by atoms with Crippen LogP contribution in [-0.4, -0.2) is 11.9 Å². The molecular weight excluding hydrogens is 422 g/mol. The Morgan fingerprint density at radius 3 is 0.781 bits per heavy atom. The summed E-state index contributed by atoms with van der Waals surface area (Å²) < 4.78 is 0. The van der Waals surface area contributed by atoms with Crippen LogP contribution in [0.5, 0.6) is 0 Å². The van der Waals surface area contributed by atoms with Gasteiger partial charge in [0, 0.05) is 11.9 Å². The summed E-state index contributed by atoms with van der Waals surface area (Å²) in [5.74, 6) is -1.82. The maximum atomic E-state index is 10.2. The molecule has 6 heteroatoms. The van der Waals surface area contributed by atoms with Gasteiger partial charge < -0.3 is 19.8 Å². The van der Waals surface area contributed by atoms with E-state index in [1.54, 1.807) is 0 Å². The normalized spacial score (nSPS) is 9.81.